The van der Waals surface area contributed by atoms with Crippen LogP contribution in [0, 0.1) is 17.6 Å². The van der Waals surface area contributed by atoms with E-state index in [9.17, 15) is 28.0 Å². The van der Waals surface area contributed by atoms with E-state index in [1.54, 1.807) is 6.20 Å². The molecule has 4 amide bonds. The van der Waals surface area contributed by atoms with Gasteiger partial charge in [0.25, 0.3) is 0 Å². The molecule has 1 aromatic heterocycles. The summed E-state index contributed by atoms with van der Waals surface area (Å²) in [5.41, 5.74) is 1.07. The molecule has 2 aliphatic heterocycles. The van der Waals surface area contributed by atoms with Crippen molar-refractivity contribution < 1.29 is 32.7 Å². The second-order valence-corrected chi connectivity index (χ2v) is 9.60. The summed E-state index contributed by atoms with van der Waals surface area (Å²) in [6, 6.07) is 4.20. The summed E-state index contributed by atoms with van der Waals surface area (Å²) < 4.78 is 32.5. The molecular formula is C27H31F2N5O5. The Balaban J connectivity index is 1.39. The molecule has 1 aromatic carbocycles. The fraction of sp³-hybridized carbons (Fsp3) is 0.444. The Morgan fingerprint density at radius 3 is 2.59 bits per heavy atom. The Morgan fingerprint density at radius 2 is 1.95 bits per heavy atom. The van der Waals surface area contributed by atoms with Crippen LogP contribution in [0.1, 0.15) is 42.5 Å². The minimum Gasteiger partial charge on any atom is -0.469 e. The second kappa shape index (κ2) is 12.7. The van der Waals surface area contributed by atoms with Crippen LogP contribution < -0.4 is 10.6 Å². The van der Waals surface area contributed by atoms with Gasteiger partial charge in [0.2, 0.25) is 0 Å². The lowest BCUT2D eigenvalue weighted by atomic mass is 9.84. The molecule has 2 saturated heterocycles. The smallest absolute Gasteiger partial charge is 0.326 e. The number of rotatable bonds is 8. The van der Waals surface area contributed by atoms with Gasteiger partial charge in [0.15, 0.2) is 11.6 Å². The monoisotopic (exact) mass is 543 g/mol. The van der Waals surface area contributed by atoms with E-state index in [1.807, 2.05) is 18.2 Å². The van der Waals surface area contributed by atoms with Crippen LogP contribution in [-0.2, 0) is 14.3 Å². The van der Waals surface area contributed by atoms with Crippen molar-refractivity contribution >= 4 is 24.3 Å². The van der Waals surface area contributed by atoms with Gasteiger partial charge in [0.05, 0.1) is 13.2 Å². The maximum absolute atomic E-state index is 14.1. The molecule has 0 spiro atoms. The topological polar surface area (TPSA) is 121 Å². The SMILES string of the molecule is COC(=O)C1C(C=O)NC(=O)N(C(=O)NCCCN2CCC(c3ccccn3)CC2)C1c1ccc(F)c(F)c1. The minimum atomic E-state index is -1.40. The summed E-state index contributed by atoms with van der Waals surface area (Å²) >= 11 is 0. The number of piperidine rings is 1. The molecule has 2 aromatic rings. The third-order valence-corrected chi connectivity index (χ3v) is 7.26. The van der Waals surface area contributed by atoms with Crippen molar-refractivity contribution in [3.05, 3.63) is 65.5 Å². The van der Waals surface area contributed by atoms with E-state index in [1.165, 1.54) is 0 Å². The van der Waals surface area contributed by atoms with Crippen molar-refractivity contribution in [2.45, 2.75) is 37.3 Å². The fourth-order valence-electron chi connectivity index (χ4n) is 5.24. The highest BCUT2D eigenvalue weighted by Gasteiger charge is 2.49. The molecule has 0 saturated carbocycles. The maximum atomic E-state index is 14.1. The van der Waals surface area contributed by atoms with Gasteiger partial charge >= 0.3 is 18.0 Å². The van der Waals surface area contributed by atoms with E-state index in [0.717, 1.165) is 63.5 Å². The summed E-state index contributed by atoms with van der Waals surface area (Å²) in [6.45, 7) is 2.75. The number of urea groups is 2. The van der Waals surface area contributed by atoms with Crippen molar-refractivity contribution in [3.63, 3.8) is 0 Å². The Bertz CT molecular complexity index is 1190. The van der Waals surface area contributed by atoms with Crippen LogP contribution in [-0.4, -0.2) is 78.4 Å². The first-order valence-electron chi connectivity index (χ1n) is 12.8. The van der Waals surface area contributed by atoms with Crippen molar-refractivity contribution in [1.29, 1.82) is 0 Å². The van der Waals surface area contributed by atoms with Crippen molar-refractivity contribution in [2.75, 3.05) is 33.3 Å². The number of aromatic nitrogens is 1. The van der Waals surface area contributed by atoms with Crippen LogP contribution in [0.5, 0.6) is 0 Å². The zero-order chi connectivity index (χ0) is 27.9. The van der Waals surface area contributed by atoms with Crippen LogP contribution in [0.2, 0.25) is 0 Å². The Labute approximate surface area is 224 Å². The number of methoxy groups -OCH3 is 1. The number of carbonyl (C=O) groups excluding carboxylic acids is 4. The van der Waals surface area contributed by atoms with Crippen LogP contribution >= 0.6 is 0 Å². The lowest BCUT2D eigenvalue weighted by Crippen LogP contribution is -2.63. The molecule has 39 heavy (non-hydrogen) atoms. The van der Waals surface area contributed by atoms with Gasteiger partial charge in [-0.3, -0.25) is 9.78 Å². The number of pyridine rings is 1. The molecule has 2 fully saturated rings. The first kappa shape index (κ1) is 28.1. The number of benzene rings is 1. The molecule has 12 heteroatoms. The molecule has 2 aliphatic rings. The molecule has 4 rings (SSSR count). The van der Waals surface area contributed by atoms with E-state index in [0.29, 0.717) is 23.5 Å². The number of halogens is 2. The third kappa shape index (κ3) is 6.39. The molecule has 3 heterocycles. The standard InChI is InChI=1S/C27H31F2N5O5/c1-39-25(36)23-22(16-35)32-27(38)34(24(23)18-6-7-19(28)20(29)15-18)26(37)31-11-4-12-33-13-8-17(9-14-33)21-5-2-3-10-30-21/h2-3,5-7,10,15-17,22-24H,4,8-9,11-14H2,1H3,(H,31,37)(H,32,38). The number of nitrogens with zero attached hydrogens (tertiary/aromatic N) is 3. The maximum Gasteiger partial charge on any atom is 0.326 e. The number of imide groups is 1. The highest BCUT2D eigenvalue weighted by molar-refractivity contribution is 5.98. The Hall–Kier alpha value is -3.93. The highest BCUT2D eigenvalue weighted by Crippen LogP contribution is 2.36. The van der Waals surface area contributed by atoms with Crippen molar-refractivity contribution in [3.8, 4) is 0 Å². The lowest BCUT2D eigenvalue weighted by molar-refractivity contribution is -0.150. The van der Waals surface area contributed by atoms with Gasteiger partial charge in [-0.25, -0.2) is 23.3 Å². The molecule has 0 bridgehead atoms. The number of likely N-dealkylation sites (tertiary alicyclic amines) is 1. The van der Waals surface area contributed by atoms with E-state index in [4.69, 9.17) is 4.74 Å². The molecule has 3 unspecified atom stereocenters. The zero-order valence-corrected chi connectivity index (χ0v) is 21.5. The van der Waals surface area contributed by atoms with Crippen LogP contribution in [0.25, 0.3) is 0 Å². The van der Waals surface area contributed by atoms with Crippen LogP contribution in [0.15, 0.2) is 42.6 Å². The number of hydrogen-bond acceptors (Lipinski definition) is 7. The number of amides is 4. The second-order valence-electron chi connectivity index (χ2n) is 9.60. The van der Waals surface area contributed by atoms with E-state index >= 15 is 0 Å². The Morgan fingerprint density at radius 1 is 1.18 bits per heavy atom. The quantitative estimate of drug-likeness (QED) is 0.298. The Kier molecular flexibility index (Phi) is 9.18. The first-order chi connectivity index (χ1) is 18.8. The van der Waals surface area contributed by atoms with Crippen molar-refractivity contribution in [1.82, 2.24) is 25.4 Å². The predicted molar refractivity (Wildman–Crippen MR) is 135 cm³/mol. The van der Waals surface area contributed by atoms with Gasteiger partial charge in [0.1, 0.15) is 18.2 Å². The zero-order valence-electron chi connectivity index (χ0n) is 21.5. The summed E-state index contributed by atoms with van der Waals surface area (Å²) in [7, 11) is 1.09. The lowest BCUT2D eigenvalue weighted by Gasteiger charge is -2.41. The summed E-state index contributed by atoms with van der Waals surface area (Å²) in [5, 5.41) is 5.00. The number of ether oxygens (including phenoxy) is 1. The molecule has 3 atom stereocenters. The third-order valence-electron chi connectivity index (χ3n) is 7.26. The van der Waals surface area contributed by atoms with Gasteiger partial charge in [-0.1, -0.05) is 12.1 Å². The number of nitrogens with one attached hydrogen (secondary N) is 2. The number of esters is 1. The van der Waals surface area contributed by atoms with E-state index < -0.39 is 47.7 Å². The summed E-state index contributed by atoms with van der Waals surface area (Å²) in [5.74, 6) is -4.21. The average Bonchev–Trinajstić information content (AvgIpc) is 2.96. The molecule has 2 N–H and O–H groups in total. The molecular weight excluding hydrogens is 512 g/mol. The molecule has 208 valence electrons. The van der Waals surface area contributed by atoms with E-state index in [-0.39, 0.29) is 12.1 Å². The van der Waals surface area contributed by atoms with Crippen LogP contribution in [0.3, 0.4) is 0 Å². The van der Waals surface area contributed by atoms with E-state index in [2.05, 4.69) is 20.5 Å². The summed E-state index contributed by atoms with van der Waals surface area (Å²) in [6.07, 6.45) is 4.72. The predicted octanol–water partition coefficient (Wildman–Crippen LogP) is 2.76. The van der Waals surface area contributed by atoms with Gasteiger partial charge in [-0.15, -0.1) is 0 Å². The first-order valence-corrected chi connectivity index (χ1v) is 12.8. The fourth-order valence-corrected chi connectivity index (χ4v) is 5.24. The van der Waals surface area contributed by atoms with Gasteiger partial charge < -0.3 is 25.1 Å². The van der Waals surface area contributed by atoms with Crippen LogP contribution in [0.4, 0.5) is 18.4 Å². The van der Waals surface area contributed by atoms with Gasteiger partial charge in [-0.2, -0.15) is 0 Å². The normalized spacial score (nSPS) is 22.2. The number of aldehydes is 1. The average molecular weight is 544 g/mol. The van der Waals surface area contributed by atoms with Gasteiger partial charge in [-0.05, 0) is 68.7 Å². The number of hydrogen-bond donors (Lipinski definition) is 2. The highest BCUT2D eigenvalue weighted by atomic mass is 19.2. The molecule has 0 aliphatic carbocycles. The largest absolute Gasteiger partial charge is 0.469 e. The number of carbonyl (C=O) groups is 4. The van der Waals surface area contributed by atoms with Gasteiger partial charge in [0, 0.05) is 24.4 Å². The molecule has 10 nitrogen and oxygen atoms in total. The molecule has 0 radical (unpaired) electrons. The minimum absolute atomic E-state index is 0.0306. The van der Waals surface area contributed by atoms with Crippen molar-refractivity contribution in [2.24, 2.45) is 5.92 Å². The summed E-state index contributed by atoms with van der Waals surface area (Å²) in [4.78, 5) is 57.8.